The summed E-state index contributed by atoms with van der Waals surface area (Å²) in [5.41, 5.74) is 0. The molecule has 0 aromatic carbocycles. The molecule has 1 fully saturated rings. The molecular weight excluding hydrogens is 136 g/mol. The molecule has 0 aliphatic carbocycles. The Morgan fingerprint density at radius 3 is 2.44 bits per heavy atom. The van der Waals surface area contributed by atoms with Gasteiger partial charge in [0.1, 0.15) is 0 Å². The standard InChI is InChI=1S/C6H12O2S/c1-2-5-6(8)4(7)3-9-5/h4-8H,2-3H2,1H3/t4?,5-,6+/m1/s1. The lowest BCUT2D eigenvalue weighted by molar-refractivity contribution is 0.0414. The minimum absolute atomic E-state index is 0.264. The van der Waals surface area contributed by atoms with E-state index >= 15 is 0 Å². The number of aliphatic hydroxyl groups excluding tert-OH is 2. The fourth-order valence-electron chi connectivity index (χ4n) is 1.03. The van der Waals surface area contributed by atoms with Crippen molar-refractivity contribution in [3.63, 3.8) is 0 Å². The Hall–Kier alpha value is 0.270. The van der Waals surface area contributed by atoms with Gasteiger partial charge in [0.05, 0.1) is 12.2 Å². The highest BCUT2D eigenvalue weighted by molar-refractivity contribution is 8.00. The van der Waals surface area contributed by atoms with Gasteiger partial charge in [-0.15, -0.1) is 0 Å². The van der Waals surface area contributed by atoms with Crippen molar-refractivity contribution in [1.82, 2.24) is 0 Å². The molecule has 0 radical (unpaired) electrons. The molecule has 0 aromatic rings. The predicted molar refractivity (Wildman–Crippen MR) is 38.6 cm³/mol. The van der Waals surface area contributed by atoms with Crippen LogP contribution in [0.2, 0.25) is 0 Å². The van der Waals surface area contributed by atoms with E-state index < -0.39 is 12.2 Å². The maximum atomic E-state index is 9.19. The number of hydrogen-bond donors (Lipinski definition) is 2. The van der Waals surface area contributed by atoms with Crippen molar-refractivity contribution in [1.29, 1.82) is 0 Å². The predicted octanol–water partition coefficient (Wildman–Crippen LogP) is 0.234. The zero-order chi connectivity index (χ0) is 6.85. The molecule has 1 aliphatic heterocycles. The van der Waals surface area contributed by atoms with Crippen LogP contribution >= 0.6 is 11.8 Å². The van der Waals surface area contributed by atoms with E-state index in [0.717, 1.165) is 6.42 Å². The average molecular weight is 148 g/mol. The second-order valence-corrected chi connectivity index (χ2v) is 3.61. The van der Waals surface area contributed by atoms with Crippen LogP contribution in [0.25, 0.3) is 0 Å². The molecule has 1 unspecified atom stereocenters. The number of aliphatic hydroxyl groups is 2. The molecule has 1 aliphatic rings. The number of hydrogen-bond acceptors (Lipinski definition) is 3. The molecular formula is C6H12O2S. The van der Waals surface area contributed by atoms with E-state index in [1.807, 2.05) is 6.92 Å². The van der Waals surface area contributed by atoms with Crippen LogP contribution in [-0.4, -0.2) is 33.4 Å². The van der Waals surface area contributed by atoms with E-state index in [4.69, 9.17) is 5.11 Å². The normalized spacial score (nSPS) is 43.7. The molecule has 9 heavy (non-hydrogen) atoms. The molecule has 54 valence electrons. The van der Waals surface area contributed by atoms with Crippen molar-refractivity contribution in [3.8, 4) is 0 Å². The molecule has 0 bridgehead atoms. The van der Waals surface area contributed by atoms with Crippen LogP contribution in [-0.2, 0) is 0 Å². The Morgan fingerprint density at radius 2 is 2.22 bits per heavy atom. The first-order chi connectivity index (χ1) is 4.25. The summed E-state index contributed by atoms with van der Waals surface area (Å²) in [4.78, 5) is 0. The van der Waals surface area contributed by atoms with Gasteiger partial charge < -0.3 is 10.2 Å². The minimum atomic E-state index is -0.486. The maximum absolute atomic E-state index is 9.19. The fourth-order valence-corrected chi connectivity index (χ4v) is 2.28. The second-order valence-electron chi connectivity index (χ2n) is 2.34. The topological polar surface area (TPSA) is 40.5 Å². The SMILES string of the molecule is CC[C@H]1SCC(O)[C@@H]1O. The van der Waals surface area contributed by atoms with Gasteiger partial charge in [0.15, 0.2) is 0 Å². The molecule has 0 amide bonds. The fraction of sp³-hybridized carbons (Fsp3) is 1.00. The van der Waals surface area contributed by atoms with Gasteiger partial charge in [-0.3, -0.25) is 0 Å². The van der Waals surface area contributed by atoms with Gasteiger partial charge in [0, 0.05) is 11.0 Å². The van der Waals surface area contributed by atoms with E-state index in [9.17, 15) is 5.11 Å². The second kappa shape index (κ2) is 2.90. The van der Waals surface area contributed by atoms with Crippen LogP contribution in [0.15, 0.2) is 0 Å². The van der Waals surface area contributed by atoms with E-state index in [0.29, 0.717) is 5.75 Å². The highest BCUT2D eigenvalue weighted by Crippen LogP contribution is 2.28. The Kier molecular flexibility index (Phi) is 2.38. The molecule has 2 N–H and O–H groups in total. The third-order valence-corrected chi connectivity index (χ3v) is 3.23. The van der Waals surface area contributed by atoms with Crippen LogP contribution in [0.4, 0.5) is 0 Å². The van der Waals surface area contributed by atoms with E-state index in [-0.39, 0.29) is 5.25 Å². The van der Waals surface area contributed by atoms with Crippen molar-refractivity contribution in [3.05, 3.63) is 0 Å². The van der Waals surface area contributed by atoms with Gasteiger partial charge >= 0.3 is 0 Å². The van der Waals surface area contributed by atoms with Crippen molar-refractivity contribution < 1.29 is 10.2 Å². The lowest BCUT2D eigenvalue weighted by Crippen LogP contribution is -2.28. The Balaban J connectivity index is 2.41. The summed E-state index contributed by atoms with van der Waals surface area (Å²) in [7, 11) is 0. The Labute approximate surface area is 59.3 Å². The Bertz CT molecular complexity index is 97.1. The molecule has 3 atom stereocenters. The van der Waals surface area contributed by atoms with Gasteiger partial charge in [-0.2, -0.15) is 11.8 Å². The molecule has 1 heterocycles. The first kappa shape index (κ1) is 7.38. The summed E-state index contributed by atoms with van der Waals surface area (Å²) in [6.07, 6.45) is -0.0250. The summed E-state index contributed by atoms with van der Waals surface area (Å²) in [6.45, 7) is 2.03. The van der Waals surface area contributed by atoms with Gasteiger partial charge in [0.25, 0.3) is 0 Å². The van der Waals surface area contributed by atoms with Crippen LogP contribution in [0.1, 0.15) is 13.3 Å². The van der Waals surface area contributed by atoms with Gasteiger partial charge in [-0.25, -0.2) is 0 Å². The lowest BCUT2D eigenvalue weighted by atomic mass is 10.1. The quantitative estimate of drug-likeness (QED) is 0.559. The largest absolute Gasteiger partial charge is 0.390 e. The summed E-state index contributed by atoms with van der Waals surface area (Å²) in [5.74, 6) is 0.694. The number of thioether (sulfide) groups is 1. The average Bonchev–Trinajstić information content (AvgIpc) is 2.15. The molecule has 3 heteroatoms. The molecule has 0 aromatic heterocycles. The maximum Gasteiger partial charge on any atom is 0.0925 e. The third kappa shape index (κ3) is 1.39. The lowest BCUT2D eigenvalue weighted by Gasteiger charge is -2.11. The summed E-state index contributed by atoms with van der Waals surface area (Å²) >= 11 is 1.66. The zero-order valence-corrected chi connectivity index (χ0v) is 6.27. The van der Waals surface area contributed by atoms with E-state index in [1.54, 1.807) is 11.8 Å². The van der Waals surface area contributed by atoms with Crippen molar-refractivity contribution in [2.75, 3.05) is 5.75 Å². The monoisotopic (exact) mass is 148 g/mol. The summed E-state index contributed by atoms with van der Waals surface area (Å²) in [5, 5.41) is 18.5. The van der Waals surface area contributed by atoms with E-state index in [1.165, 1.54) is 0 Å². The molecule has 2 nitrogen and oxygen atoms in total. The van der Waals surface area contributed by atoms with Crippen molar-refractivity contribution in [2.45, 2.75) is 30.8 Å². The first-order valence-corrected chi connectivity index (χ1v) is 4.28. The van der Waals surface area contributed by atoms with Crippen LogP contribution in [0.5, 0.6) is 0 Å². The molecule has 1 rings (SSSR count). The summed E-state index contributed by atoms with van der Waals surface area (Å²) in [6, 6.07) is 0. The van der Waals surface area contributed by atoms with Gasteiger partial charge in [-0.05, 0) is 6.42 Å². The zero-order valence-electron chi connectivity index (χ0n) is 5.45. The molecule has 0 saturated carbocycles. The molecule has 0 spiro atoms. The first-order valence-electron chi connectivity index (χ1n) is 3.23. The van der Waals surface area contributed by atoms with Crippen LogP contribution in [0, 0.1) is 0 Å². The highest BCUT2D eigenvalue weighted by Gasteiger charge is 2.32. The third-order valence-electron chi connectivity index (χ3n) is 1.66. The van der Waals surface area contributed by atoms with Gasteiger partial charge in [-0.1, -0.05) is 6.92 Å². The number of rotatable bonds is 1. The summed E-state index contributed by atoms with van der Waals surface area (Å²) < 4.78 is 0. The van der Waals surface area contributed by atoms with Crippen LogP contribution < -0.4 is 0 Å². The molecule has 1 saturated heterocycles. The van der Waals surface area contributed by atoms with Gasteiger partial charge in [0.2, 0.25) is 0 Å². The minimum Gasteiger partial charge on any atom is -0.390 e. The smallest absolute Gasteiger partial charge is 0.0925 e. The van der Waals surface area contributed by atoms with Crippen LogP contribution in [0.3, 0.4) is 0 Å². The Morgan fingerprint density at radius 1 is 1.56 bits per heavy atom. The van der Waals surface area contributed by atoms with Crippen molar-refractivity contribution in [2.24, 2.45) is 0 Å². The highest BCUT2D eigenvalue weighted by atomic mass is 32.2. The van der Waals surface area contributed by atoms with Crippen molar-refractivity contribution >= 4 is 11.8 Å². The van der Waals surface area contributed by atoms with E-state index in [2.05, 4.69) is 0 Å².